The molecule has 0 aliphatic rings. The lowest BCUT2D eigenvalue weighted by atomic mass is 10.1. The van der Waals surface area contributed by atoms with Crippen LogP contribution in [0.25, 0.3) is 11.4 Å². The van der Waals surface area contributed by atoms with Crippen LogP contribution in [0.4, 0.5) is 4.39 Å². The molecular weight excluding hydrogens is 237 g/mol. The van der Waals surface area contributed by atoms with Crippen LogP contribution < -0.4 is 0 Å². The molecule has 90 valence electrons. The Balaban J connectivity index is 2.60. The fourth-order valence-corrected chi connectivity index (χ4v) is 2.00. The zero-order chi connectivity index (χ0) is 12.4. The van der Waals surface area contributed by atoms with Crippen molar-refractivity contribution in [3.05, 3.63) is 34.4 Å². The molecule has 2 rings (SSSR count). The lowest BCUT2D eigenvalue weighted by Gasteiger charge is -2.07. The highest BCUT2D eigenvalue weighted by Crippen LogP contribution is 2.23. The highest BCUT2D eigenvalue weighted by atomic mass is 32.1. The smallest absolute Gasteiger partial charge is 0.195 e. The largest absolute Gasteiger partial charge is 0.300 e. The van der Waals surface area contributed by atoms with Crippen molar-refractivity contribution in [2.75, 3.05) is 0 Å². The van der Waals surface area contributed by atoms with Gasteiger partial charge in [-0.05, 0) is 37.2 Å². The van der Waals surface area contributed by atoms with Crippen molar-refractivity contribution in [2.45, 2.75) is 26.8 Å². The Labute approximate surface area is 104 Å². The third-order valence-electron chi connectivity index (χ3n) is 2.64. The Morgan fingerprint density at radius 1 is 1.47 bits per heavy atom. The maximum absolute atomic E-state index is 14.0. The van der Waals surface area contributed by atoms with Gasteiger partial charge >= 0.3 is 0 Å². The predicted molar refractivity (Wildman–Crippen MR) is 67.8 cm³/mol. The second-order valence-corrected chi connectivity index (χ2v) is 4.33. The Morgan fingerprint density at radius 3 is 2.94 bits per heavy atom. The summed E-state index contributed by atoms with van der Waals surface area (Å²) < 4.78 is 16.4. The lowest BCUT2D eigenvalue weighted by Crippen LogP contribution is -2.01. The van der Waals surface area contributed by atoms with Crippen molar-refractivity contribution in [1.29, 1.82) is 0 Å². The normalized spacial score (nSPS) is 10.8. The molecule has 5 heteroatoms. The van der Waals surface area contributed by atoms with Crippen LogP contribution in [0.5, 0.6) is 0 Å². The van der Waals surface area contributed by atoms with E-state index in [1.165, 1.54) is 0 Å². The summed E-state index contributed by atoms with van der Waals surface area (Å²) in [6, 6.07) is 5.28. The van der Waals surface area contributed by atoms with Crippen LogP contribution in [-0.2, 0) is 6.54 Å². The van der Waals surface area contributed by atoms with Crippen LogP contribution >= 0.6 is 12.2 Å². The highest BCUT2D eigenvalue weighted by Gasteiger charge is 2.13. The number of aromatic nitrogens is 3. The first-order valence-corrected chi connectivity index (χ1v) is 5.96. The van der Waals surface area contributed by atoms with Crippen LogP contribution in [0.15, 0.2) is 18.2 Å². The van der Waals surface area contributed by atoms with E-state index in [9.17, 15) is 4.39 Å². The number of benzene rings is 1. The van der Waals surface area contributed by atoms with Gasteiger partial charge in [0.1, 0.15) is 5.82 Å². The molecule has 0 atom stereocenters. The topological polar surface area (TPSA) is 33.6 Å². The maximum atomic E-state index is 14.0. The standard InChI is InChI=1S/C12H14FN3S/c1-3-7-16-11(14-15-12(16)17)9-6-4-5-8(2)10(9)13/h4-6H,3,7H2,1-2H3,(H,15,17). The number of halogens is 1. The molecule has 0 saturated carbocycles. The summed E-state index contributed by atoms with van der Waals surface area (Å²) in [7, 11) is 0. The summed E-state index contributed by atoms with van der Waals surface area (Å²) >= 11 is 5.14. The lowest BCUT2D eigenvalue weighted by molar-refractivity contribution is 0.615. The average molecular weight is 251 g/mol. The number of nitrogens with one attached hydrogen (secondary N) is 1. The Kier molecular flexibility index (Phi) is 3.38. The van der Waals surface area contributed by atoms with E-state index in [2.05, 4.69) is 10.2 Å². The predicted octanol–water partition coefficient (Wildman–Crippen LogP) is 3.47. The van der Waals surface area contributed by atoms with Gasteiger partial charge in [-0.1, -0.05) is 19.1 Å². The van der Waals surface area contributed by atoms with E-state index in [0.717, 1.165) is 13.0 Å². The molecule has 0 aliphatic carbocycles. The second kappa shape index (κ2) is 4.79. The van der Waals surface area contributed by atoms with Gasteiger partial charge in [-0.25, -0.2) is 4.39 Å². The molecular formula is C12H14FN3S. The molecule has 0 amide bonds. The highest BCUT2D eigenvalue weighted by molar-refractivity contribution is 7.71. The minimum atomic E-state index is -0.237. The molecule has 0 spiro atoms. The van der Waals surface area contributed by atoms with E-state index in [1.807, 2.05) is 17.6 Å². The maximum Gasteiger partial charge on any atom is 0.195 e. The third kappa shape index (κ3) is 2.15. The fraction of sp³-hybridized carbons (Fsp3) is 0.333. The number of hydrogen-bond donors (Lipinski definition) is 1. The van der Waals surface area contributed by atoms with Crippen LogP contribution in [0.3, 0.4) is 0 Å². The van der Waals surface area contributed by atoms with Crippen molar-refractivity contribution < 1.29 is 4.39 Å². The van der Waals surface area contributed by atoms with Gasteiger partial charge in [0.25, 0.3) is 0 Å². The van der Waals surface area contributed by atoms with E-state index in [4.69, 9.17) is 12.2 Å². The molecule has 1 aromatic heterocycles. The zero-order valence-corrected chi connectivity index (χ0v) is 10.6. The van der Waals surface area contributed by atoms with Gasteiger partial charge in [0.05, 0.1) is 5.56 Å². The molecule has 3 nitrogen and oxygen atoms in total. The van der Waals surface area contributed by atoms with Crippen molar-refractivity contribution in [2.24, 2.45) is 0 Å². The second-order valence-electron chi connectivity index (χ2n) is 3.94. The zero-order valence-electron chi connectivity index (χ0n) is 9.83. The van der Waals surface area contributed by atoms with E-state index in [0.29, 0.717) is 21.7 Å². The molecule has 0 aliphatic heterocycles. The summed E-state index contributed by atoms with van der Waals surface area (Å²) in [6.45, 7) is 4.52. The van der Waals surface area contributed by atoms with Crippen molar-refractivity contribution >= 4 is 12.2 Å². The number of H-pyrrole nitrogens is 1. The van der Waals surface area contributed by atoms with E-state index in [-0.39, 0.29) is 5.82 Å². The summed E-state index contributed by atoms with van der Waals surface area (Å²) in [6.07, 6.45) is 0.925. The van der Waals surface area contributed by atoms with Gasteiger partial charge in [0, 0.05) is 6.54 Å². The quantitative estimate of drug-likeness (QED) is 0.847. The molecule has 0 radical (unpaired) electrons. The van der Waals surface area contributed by atoms with Gasteiger partial charge in [0.15, 0.2) is 10.6 Å². The number of hydrogen-bond acceptors (Lipinski definition) is 2. The summed E-state index contributed by atoms with van der Waals surface area (Å²) in [4.78, 5) is 0. The van der Waals surface area contributed by atoms with Gasteiger partial charge in [-0.3, -0.25) is 5.10 Å². The molecule has 0 bridgehead atoms. The van der Waals surface area contributed by atoms with Crippen LogP contribution in [0, 0.1) is 17.5 Å². The summed E-state index contributed by atoms with van der Waals surface area (Å²) in [5.41, 5.74) is 1.10. The molecule has 0 saturated heterocycles. The summed E-state index contributed by atoms with van der Waals surface area (Å²) in [5.74, 6) is 0.330. The number of aromatic amines is 1. The van der Waals surface area contributed by atoms with E-state index >= 15 is 0 Å². The Morgan fingerprint density at radius 2 is 2.24 bits per heavy atom. The van der Waals surface area contributed by atoms with Crippen molar-refractivity contribution in [1.82, 2.24) is 14.8 Å². The first kappa shape index (κ1) is 12.0. The van der Waals surface area contributed by atoms with Gasteiger partial charge < -0.3 is 4.57 Å². The summed E-state index contributed by atoms with van der Waals surface area (Å²) in [5, 5.41) is 6.83. The SMILES string of the molecule is CCCn1c(-c2cccc(C)c2F)n[nH]c1=S. The molecule has 17 heavy (non-hydrogen) atoms. The van der Waals surface area contributed by atoms with Crippen LogP contribution in [-0.4, -0.2) is 14.8 Å². The van der Waals surface area contributed by atoms with Crippen molar-refractivity contribution in [3.63, 3.8) is 0 Å². The average Bonchev–Trinajstić information content (AvgIpc) is 2.66. The first-order valence-electron chi connectivity index (χ1n) is 5.55. The van der Waals surface area contributed by atoms with Crippen LogP contribution in [0.1, 0.15) is 18.9 Å². The van der Waals surface area contributed by atoms with E-state index < -0.39 is 0 Å². The van der Waals surface area contributed by atoms with Crippen LogP contribution in [0.2, 0.25) is 0 Å². The minimum absolute atomic E-state index is 0.237. The number of nitrogens with zero attached hydrogens (tertiary/aromatic N) is 2. The molecule has 2 aromatic rings. The third-order valence-corrected chi connectivity index (χ3v) is 2.95. The number of aryl methyl sites for hydroxylation is 1. The molecule has 1 N–H and O–H groups in total. The van der Waals surface area contributed by atoms with E-state index in [1.54, 1.807) is 19.1 Å². The number of rotatable bonds is 3. The molecule has 1 heterocycles. The first-order chi connectivity index (χ1) is 8.15. The Hall–Kier alpha value is -1.49. The monoisotopic (exact) mass is 251 g/mol. The van der Waals surface area contributed by atoms with Crippen molar-refractivity contribution in [3.8, 4) is 11.4 Å². The van der Waals surface area contributed by atoms with Gasteiger partial charge in [-0.2, -0.15) is 5.10 Å². The molecule has 1 aromatic carbocycles. The van der Waals surface area contributed by atoms with Gasteiger partial charge in [-0.15, -0.1) is 0 Å². The molecule has 0 fully saturated rings. The fourth-order valence-electron chi connectivity index (χ4n) is 1.77. The molecule has 0 unspecified atom stereocenters. The Bertz CT molecular complexity index is 586. The van der Waals surface area contributed by atoms with Gasteiger partial charge in [0.2, 0.25) is 0 Å². The minimum Gasteiger partial charge on any atom is -0.300 e.